The van der Waals surface area contributed by atoms with Crippen LogP contribution in [0.3, 0.4) is 0 Å². The maximum Gasteiger partial charge on any atom is 0.274 e. The molecule has 3 heterocycles. The number of rotatable bonds is 4. The molecule has 3 aromatic heterocycles. The number of nitrogens with one attached hydrogen (secondary N) is 2. The van der Waals surface area contributed by atoms with Crippen molar-refractivity contribution in [2.45, 2.75) is 6.92 Å². The highest BCUT2D eigenvalue weighted by molar-refractivity contribution is 6.07. The van der Waals surface area contributed by atoms with Crippen LogP contribution in [0.15, 0.2) is 54.0 Å². The molecule has 0 aliphatic carbocycles. The van der Waals surface area contributed by atoms with Gasteiger partial charge >= 0.3 is 0 Å². The number of aromatic amines is 1. The zero-order valence-electron chi connectivity index (χ0n) is 14.9. The number of fused-ring (bicyclic) bond motifs is 1. The summed E-state index contributed by atoms with van der Waals surface area (Å²) >= 11 is 0. The van der Waals surface area contributed by atoms with E-state index in [2.05, 4.69) is 32.1 Å². The van der Waals surface area contributed by atoms with Gasteiger partial charge in [0.2, 0.25) is 0 Å². The van der Waals surface area contributed by atoms with E-state index in [9.17, 15) is 4.79 Å². The number of anilines is 1. The summed E-state index contributed by atoms with van der Waals surface area (Å²) in [6.45, 7) is 5.63. The molecule has 0 bridgehead atoms. The van der Waals surface area contributed by atoms with E-state index in [-0.39, 0.29) is 5.69 Å². The first-order chi connectivity index (χ1) is 13.6. The molecule has 1 amide bonds. The van der Waals surface area contributed by atoms with Crippen LogP contribution in [-0.4, -0.2) is 26.1 Å². The largest absolute Gasteiger partial charge is 0.442 e. The Kier molecular flexibility index (Phi) is 4.18. The van der Waals surface area contributed by atoms with Crippen LogP contribution in [0.25, 0.3) is 27.9 Å². The molecule has 0 atom stereocenters. The van der Waals surface area contributed by atoms with Crippen LogP contribution >= 0.6 is 0 Å². The molecule has 1 aromatic carbocycles. The van der Waals surface area contributed by atoms with Crippen LogP contribution in [0.4, 0.5) is 5.69 Å². The number of allylic oxidation sites excluding steroid dienone is 1. The van der Waals surface area contributed by atoms with E-state index in [0.717, 1.165) is 10.9 Å². The molecule has 4 aromatic rings. The van der Waals surface area contributed by atoms with Crippen molar-refractivity contribution in [2.24, 2.45) is 0 Å². The van der Waals surface area contributed by atoms with Gasteiger partial charge in [0.15, 0.2) is 12.2 Å². The lowest BCUT2D eigenvalue weighted by Gasteiger charge is -2.10. The molecule has 0 radical (unpaired) electrons. The summed E-state index contributed by atoms with van der Waals surface area (Å²) in [6.07, 6.45) is 4.26. The lowest BCUT2D eigenvalue weighted by atomic mass is 10.0. The maximum atomic E-state index is 12.8. The predicted molar refractivity (Wildman–Crippen MR) is 103 cm³/mol. The summed E-state index contributed by atoms with van der Waals surface area (Å²) in [5.41, 5.74) is 3.71. The number of aromatic nitrogens is 4. The first-order valence-corrected chi connectivity index (χ1v) is 8.31. The molecule has 0 aliphatic rings. The fourth-order valence-electron chi connectivity index (χ4n) is 2.83. The first-order valence-electron chi connectivity index (χ1n) is 8.31. The molecule has 8 nitrogen and oxygen atoms in total. The van der Waals surface area contributed by atoms with Gasteiger partial charge < -0.3 is 9.73 Å². The number of hydrogen-bond donors (Lipinski definition) is 2. The average molecular weight is 370 g/mol. The molecule has 0 spiro atoms. The minimum atomic E-state index is -0.397. The Bertz CT molecular complexity index is 1250. The number of H-pyrrole nitrogens is 1. The second-order valence-corrected chi connectivity index (χ2v) is 6.16. The van der Waals surface area contributed by atoms with Crippen molar-refractivity contribution in [1.82, 2.24) is 20.2 Å². The van der Waals surface area contributed by atoms with E-state index < -0.39 is 5.91 Å². The first kappa shape index (κ1) is 17.2. The number of carbonyl (C=O) groups excluding carboxylic acids is 1. The summed E-state index contributed by atoms with van der Waals surface area (Å²) in [5, 5.41) is 19.8. The number of hydrogen-bond acceptors (Lipinski definition) is 6. The lowest BCUT2D eigenvalue weighted by Crippen LogP contribution is -2.16. The minimum Gasteiger partial charge on any atom is -0.442 e. The van der Waals surface area contributed by atoms with Crippen molar-refractivity contribution in [2.75, 3.05) is 5.32 Å². The van der Waals surface area contributed by atoms with E-state index in [0.29, 0.717) is 33.8 Å². The lowest BCUT2D eigenvalue weighted by molar-refractivity contribution is 0.102. The number of oxazole rings is 1. The molecule has 2 N–H and O–H groups in total. The second kappa shape index (κ2) is 6.81. The van der Waals surface area contributed by atoms with Gasteiger partial charge in [-0.15, -0.1) is 0 Å². The van der Waals surface area contributed by atoms with Gasteiger partial charge in [0.05, 0.1) is 17.3 Å². The minimum absolute atomic E-state index is 0.203. The Hall–Kier alpha value is -4.25. The van der Waals surface area contributed by atoms with Gasteiger partial charge in [-0.05, 0) is 36.8 Å². The summed E-state index contributed by atoms with van der Waals surface area (Å²) in [6, 6.07) is 8.97. The van der Waals surface area contributed by atoms with Crippen LogP contribution in [-0.2, 0) is 0 Å². The molecule has 136 valence electrons. The summed E-state index contributed by atoms with van der Waals surface area (Å²) in [7, 11) is 0. The summed E-state index contributed by atoms with van der Waals surface area (Å²) in [4.78, 5) is 20.8. The van der Waals surface area contributed by atoms with Gasteiger partial charge in [0.1, 0.15) is 17.5 Å². The Morgan fingerprint density at radius 2 is 2.18 bits per heavy atom. The molecule has 4 rings (SSSR count). The van der Waals surface area contributed by atoms with E-state index in [1.807, 2.05) is 12.1 Å². The van der Waals surface area contributed by atoms with Gasteiger partial charge in [-0.25, -0.2) is 9.97 Å². The molecule has 0 unspecified atom stereocenters. The zero-order chi connectivity index (χ0) is 19.7. The normalized spacial score (nSPS) is 10.6. The van der Waals surface area contributed by atoms with Crippen molar-refractivity contribution in [3.8, 4) is 17.5 Å². The molecule has 0 saturated heterocycles. The number of pyridine rings is 1. The van der Waals surface area contributed by atoms with Gasteiger partial charge in [0.25, 0.3) is 5.91 Å². The van der Waals surface area contributed by atoms with Crippen molar-refractivity contribution >= 4 is 28.1 Å². The van der Waals surface area contributed by atoms with Gasteiger partial charge in [-0.1, -0.05) is 6.58 Å². The SMILES string of the molecule is C=C(C)c1cc(C#N)cnc1C(=O)Nc1ccc2[nH]nc(-c3cnco3)c2c1. The topological polar surface area (TPSA) is 120 Å². The van der Waals surface area contributed by atoms with Crippen LogP contribution in [0.1, 0.15) is 28.5 Å². The van der Waals surface area contributed by atoms with Gasteiger partial charge in [0, 0.05) is 22.8 Å². The van der Waals surface area contributed by atoms with Crippen LogP contribution in [0.2, 0.25) is 0 Å². The quantitative estimate of drug-likeness (QED) is 0.564. The Balaban J connectivity index is 1.69. The highest BCUT2D eigenvalue weighted by Gasteiger charge is 2.17. The van der Waals surface area contributed by atoms with E-state index in [1.165, 1.54) is 12.6 Å². The van der Waals surface area contributed by atoms with Crippen molar-refractivity contribution < 1.29 is 9.21 Å². The molecular formula is C20H14N6O2. The van der Waals surface area contributed by atoms with E-state index in [4.69, 9.17) is 9.68 Å². The monoisotopic (exact) mass is 370 g/mol. The van der Waals surface area contributed by atoms with E-state index >= 15 is 0 Å². The Morgan fingerprint density at radius 1 is 1.32 bits per heavy atom. The van der Waals surface area contributed by atoms with Crippen LogP contribution in [0.5, 0.6) is 0 Å². The second-order valence-electron chi connectivity index (χ2n) is 6.16. The van der Waals surface area contributed by atoms with Crippen molar-refractivity contribution in [3.05, 3.63) is 66.5 Å². The number of carbonyl (C=O) groups is 1. The van der Waals surface area contributed by atoms with Crippen molar-refractivity contribution in [3.63, 3.8) is 0 Å². The third-order valence-electron chi connectivity index (χ3n) is 4.18. The van der Waals surface area contributed by atoms with Crippen molar-refractivity contribution in [1.29, 1.82) is 5.26 Å². The fraction of sp³-hybridized carbons (Fsp3) is 0.0500. The maximum absolute atomic E-state index is 12.8. The zero-order valence-corrected chi connectivity index (χ0v) is 14.9. The predicted octanol–water partition coefficient (Wildman–Crippen LogP) is 3.77. The van der Waals surface area contributed by atoms with Crippen LogP contribution < -0.4 is 5.32 Å². The standard InChI is InChI=1S/C20H14N6O2/c1-11(2)14-5-12(7-21)8-23-19(14)20(27)24-13-3-4-16-15(6-13)18(26-25-16)17-9-22-10-28-17/h3-6,8-10H,1H2,2H3,(H,24,27)(H,25,26). The summed E-state index contributed by atoms with van der Waals surface area (Å²) in [5.74, 6) is 0.125. The van der Waals surface area contributed by atoms with Gasteiger partial charge in [-0.3, -0.25) is 9.89 Å². The number of benzene rings is 1. The number of nitriles is 1. The molecular weight excluding hydrogens is 356 g/mol. The third kappa shape index (κ3) is 3.01. The molecule has 0 aliphatic heterocycles. The Morgan fingerprint density at radius 3 is 2.89 bits per heavy atom. The molecule has 8 heteroatoms. The molecule has 28 heavy (non-hydrogen) atoms. The average Bonchev–Trinajstić information content (AvgIpc) is 3.36. The summed E-state index contributed by atoms with van der Waals surface area (Å²) < 4.78 is 5.31. The Labute approximate surface area is 159 Å². The smallest absolute Gasteiger partial charge is 0.274 e. The van der Waals surface area contributed by atoms with E-state index in [1.54, 1.807) is 31.3 Å². The number of nitrogens with zero attached hydrogens (tertiary/aromatic N) is 4. The molecule has 0 saturated carbocycles. The molecule has 0 fully saturated rings. The highest BCUT2D eigenvalue weighted by atomic mass is 16.3. The fourth-order valence-corrected chi connectivity index (χ4v) is 2.83. The van der Waals surface area contributed by atoms with Crippen LogP contribution in [0, 0.1) is 11.3 Å². The highest BCUT2D eigenvalue weighted by Crippen LogP contribution is 2.28. The number of amides is 1. The van der Waals surface area contributed by atoms with Gasteiger partial charge in [-0.2, -0.15) is 10.4 Å². The third-order valence-corrected chi connectivity index (χ3v) is 4.18.